The van der Waals surface area contributed by atoms with Gasteiger partial charge in [0.05, 0.1) is 20.1 Å². The minimum atomic E-state index is -1.91. The van der Waals surface area contributed by atoms with Crippen molar-refractivity contribution in [3.63, 3.8) is 0 Å². The van der Waals surface area contributed by atoms with Crippen LogP contribution < -0.4 is 21.3 Å². The maximum absolute atomic E-state index is 12.1. The monoisotopic (exact) mass is 622 g/mol. The van der Waals surface area contributed by atoms with Crippen LogP contribution in [0.1, 0.15) is 12.8 Å². The second-order valence-electron chi connectivity index (χ2n) is 9.85. The highest BCUT2D eigenvalue weighted by Gasteiger charge is 2.32. The molecule has 4 amide bonds. The SMILES string of the molecule is C[Si](C)(CCCNC(=O)Nc1ccc(Cl)c(Cl)c1)O[Si](C)(C)CCCNC(=O)Nc1ccc(Cl)c(Cl)c1. The van der Waals surface area contributed by atoms with Crippen molar-refractivity contribution >= 4 is 86.5 Å². The van der Waals surface area contributed by atoms with Gasteiger partial charge in [0.1, 0.15) is 0 Å². The first-order valence-electron chi connectivity index (χ1n) is 12.0. The molecule has 37 heavy (non-hydrogen) atoms. The van der Waals surface area contributed by atoms with Crippen molar-refractivity contribution in [2.75, 3.05) is 23.7 Å². The van der Waals surface area contributed by atoms with Gasteiger partial charge >= 0.3 is 12.1 Å². The van der Waals surface area contributed by atoms with Crippen LogP contribution in [-0.2, 0) is 4.12 Å². The molecule has 2 rings (SSSR count). The van der Waals surface area contributed by atoms with Gasteiger partial charge in [-0.2, -0.15) is 0 Å². The van der Waals surface area contributed by atoms with Crippen molar-refractivity contribution in [3.8, 4) is 0 Å². The lowest BCUT2D eigenvalue weighted by molar-refractivity contribution is 0.251. The number of halogens is 4. The minimum Gasteiger partial charge on any atom is -0.455 e. The zero-order valence-electron chi connectivity index (χ0n) is 21.4. The number of carbonyl (C=O) groups excluding carboxylic acids is 2. The van der Waals surface area contributed by atoms with Gasteiger partial charge in [-0.1, -0.05) is 46.4 Å². The van der Waals surface area contributed by atoms with E-state index in [0.717, 1.165) is 24.9 Å². The van der Waals surface area contributed by atoms with Gasteiger partial charge in [0.15, 0.2) is 16.6 Å². The van der Waals surface area contributed by atoms with E-state index < -0.39 is 16.6 Å². The zero-order chi connectivity index (χ0) is 27.6. The van der Waals surface area contributed by atoms with Crippen LogP contribution in [0.3, 0.4) is 0 Å². The number of rotatable bonds is 12. The summed E-state index contributed by atoms with van der Waals surface area (Å²) >= 11 is 23.8. The Morgan fingerprint density at radius 1 is 0.676 bits per heavy atom. The quantitative estimate of drug-likeness (QED) is 0.141. The van der Waals surface area contributed by atoms with Crippen LogP contribution in [-0.4, -0.2) is 41.8 Å². The fraction of sp³-hybridized carbons (Fsp3) is 0.417. The van der Waals surface area contributed by atoms with Crippen molar-refractivity contribution in [2.45, 2.75) is 51.1 Å². The van der Waals surface area contributed by atoms with E-state index in [-0.39, 0.29) is 12.1 Å². The molecule has 0 radical (unpaired) electrons. The largest absolute Gasteiger partial charge is 0.455 e. The Hall–Kier alpha value is -1.47. The fourth-order valence-corrected chi connectivity index (χ4v) is 13.2. The van der Waals surface area contributed by atoms with Gasteiger partial charge in [-0.15, -0.1) is 0 Å². The molecule has 4 N–H and O–H groups in total. The van der Waals surface area contributed by atoms with Crippen LogP contribution in [0.2, 0.25) is 58.4 Å². The van der Waals surface area contributed by atoms with Gasteiger partial charge in [0.2, 0.25) is 0 Å². The summed E-state index contributed by atoms with van der Waals surface area (Å²) in [6, 6.07) is 11.2. The van der Waals surface area contributed by atoms with Crippen LogP contribution in [0.25, 0.3) is 0 Å². The maximum Gasteiger partial charge on any atom is 0.319 e. The zero-order valence-corrected chi connectivity index (χ0v) is 26.5. The molecule has 0 bridgehead atoms. The van der Waals surface area contributed by atoms with E-state index in [1.807, 2.05) is 0 Å². The number of urea groups is 2. The lowest BCUT2D eigenvalue weighted by atomic mass is 10.3. The summed E-state index contributed by atoms with van der Waals surface area (Å²) in [6.07, 6.45) is 1.66. The van der Waals surface area contributed by atoms with Crippen LogP contribution in [0.4, 0.5) is 21.0 Å². The van der Waals surface area contributed by atoms with Crippen LogP contribution in [0.15, 0.2) is 36.4 Å². The average molecular weight is 625 g/mol. The first-order chi connectivity index (χ1) is 17.3. The minimum absolute atomic E-state index is 0.288. The third kappa shape index (κ3) is 12.3. The normalized spacial score (nSPS) is 11.7. The molecule has 204 valence electrons. The molecule has 0 atom stereocenters. The molecule has 0 aliphatic rings. The van der Waals surface area contributed by atoms with Crippen molar-refractivity contribution in [3.05, 3.63) is 56.5 Å². The second kappa shape index (κ2) is 14.6. The summed E-state index contributed by atoms with van der Waals surface area (Å²) in [6.45, 7) is 9.93. The molecule has 0 fully saturated rings. The predicted molar refractivity (Wildman–Crippen MR) is 162 cm³/mol. The number of hydrogen-bond donors (Lipinski definition) is 4. The van der Waals surface area contributed by atoms with Gasteiger partial charge in [-0.25, -0.2) is 9.59 Å². The van der Waals surface area contributed by atoms with Crippen molar-refractivity contribution in [1.82, 2.24) is 10.6 Å². The lowest BCUT2D eigenvalue weighted by Crippen LogP contribution is -2.45. The summed E-state index contributed by atoms with van der Waals surface area (Å²) in [5.41, 5.74) is 1.16. The molecule has 0 saturated heterocycles. The molecule has 0 aromatic heterocycles. The molecule has 13 heteroatoms. The van der Waals surface area contributed by atoms with Crippen LogP contribution in [0, 0.1) is 0 Å². The van der Waals surface area contributed by atoms with Gasteiger partial charge in [-0.05, 0) is 87.5 Å². The van der Waals surface area contributed by atoms with E-state index >= 15 is 0 Å². The van der Waals surface area contributed by atoms with E-state index in [1.165, 1.54) is 0 Å². The summed E-state index contributed by atoms with van der Waals surface area (Å²) in [5, 5.41) is 12.9. The lowest BCUT2D eigenvalue weighted by Gasteiger charge is -2.34. The summed E-state index contributed by atoms with van der Waals surface area (Å²) in [4.78, 5) is 24.3. The van der Waals surface area contributed by atoms with Gasteiger partial charge in [0.25, 0.3) is 0 Å². The highest BCUT2D eigenvalue weighted by Crippen LogP contribution is 2.26. The van der Waals surface area contributed by atoms with Crippen molar-refractivity contribution in [1.29, 1.82) is 0 Å². The number of nitrogens with one attached hydrogen (secondary N) is 4. The molecule has 0 aliphatic carbocycles. The molecular formula is C24H34Cl4N4O3Si2. The Bertz CT molecular complexity index is 1010. The summed E-state index contributed by atoms with van der Waals surface area (Å²) in [5.74, 6) is 0. The van der Waals surface area contributed by atoms with Gasteiger partial charge in [-0.3, -0.25) is 0 Å². The molecule has 0 heterocycles. The third-order valence-corrected chi connectivity index (χ3v) is 14.4. The number of carbonyl (C=O) groups is 2. The first kappa shape index (κ1) is 31.7. The van der Waals surface area contributed by atoms with Crippen LogP contribution in [0.5, 0.6) is 0 Å². The Balaban J connectivity index is 1.64. The Kier molecular flexibility index (Phi) is 12.5. The molecule has 2 aromatic rings. The number of amides is 4. The molecule has 0 spiro atoms. The molecule has 0 aliphatic heterocycles. The molecule has 0 saturated carbocycles. The first-order valence-corrected chi connectivity index (χ1v) is 19.7. The molecular weight excluding hydrogens is 590 g/mol. The van der Waals surface area contributed by atoms with Crippen molar-refractivity contribution < 1.29 is 13.7 Å². The van der Waals surface area contributed by atoms with Crippen LogP contribution >= 0.6 is 46.4 Å². The molecule has 0 unspecified atom stereocenters. The van der Waals surface area contributed by atoms with Crippen molar-refractivity contribution in [2.24, 2.45) is 0 Å². The Labute approximate surface area is 241 Å². The average Bonchev–Trinajstić information content (AvgIpc) is 2.79. The van der Waals surface area contributed by atoms with E-state index in [1.54, 1.807) is 36.4 Å². The third-order valence-electron chi connectivity index (χ3n) is 5.39. The highest BCUT2D eigenvalue weighted by atomic mass is 35.5. The summed E-state index contributed by atoms with van der Waals surface area (Å²) < 4.78 is 6.65. The second-order valence-corrected chi connectivity index (χ2v) is 20.3. The molecule has 2 aromatic carbocycles. The fourth-order valence-electron chi connectivity index (χ4n) is 3.78. The van der Waals surface area contributed by atoms with E-state index in [0.29, 0.717) is 44.6 Å². The number of anilines is 2. The Morgan fingerprint density at radius 2 is 1.05 bits per heavy atom. The van der Waals surface area contributed by atoms with E-state index in [2.05, 4.69) is 47.5 Å². The maximum atomic E-state index is 12.1. The van der Waals surface area contributed by atoms with E-state index in [9.17, 15) is 9.59 Å². The molecule has 7 nitrogen and oxygen atoms in total. The smallest absolute Gasteiger partial charge is 0.319 e. The Morgan fingerprint density at radius 3 is 1.41 bits per heavy atom. The summed E-state index contributed by atoms with van der Waals surface area (Å²) in [7, 11) is -3.81. The number of benzene rings is 2. The van der Waals surface area contributed by atoms with Gasteiger partial charge in [0, 0.05) is 24.5 Å². The standard InChI is InChI=1S/C24H34Cl4N4O3Si2/c1-36(2,13-5-11-29-23(33)31-17-7-9-19(25)21(27)15-17)35-37(3,4)14-6-12-30-24(34)32-18-8-10-20(26)22(28)16-18/h7-10,15-16H,5-6,11-14H2,1-4H3,(H2,29,31,33)(H2,30,32,34). The topological polar surface area (TPSA) is 91.5 Å². The van der Waals surface area contributed by atoms with E-state index in [4.69, 9.17) is 50.5 Å². The highest BCUT2D eigenvalue weighted by molar-refractivity contribution is 6.84. The predicted octanol–water partition coefficient (Wildman–Crippen LogP) is 8.45. The van der Waals surface area contributed by atoms with Gasteiger partial charge < -0.3 is 25.4 Å². The number of hydrogen-bond acceptors (Lipinski definition) is 3.